The first kappa shape index (κ1) is 19.7. The van der Waals surface area contributed by atoms with Gasteiger partial charge >= 0.3 is 0 Å². The minimum Gasteiger partial charge on any atom is -0.472 e. The Kier molecular flexibility index (Phi) is 4.20. The van der Waals surface area contributed by atoms with E-state index >= 15 is 0 Å². The molecular weight excluding hydrogens is 411 g/mol. The maximum atomic E-state index is 6.90. The molecule has 3 aromatic rings. The van der Waals surface area contributed by atoms with E-state index in [9.17, 15) is 0 Å². The quantitative estimate of drug-likeness (QED) is 0.395. The molecule has 152 valence electrons. The molecule has 0 radical (unpaired) electrons. The van der Waals surface area contributed by atoms with Gasteiger partial charge in [0.1, 0.15) is 5.75 Å². The van der Waals surface area contributed by atoms with Crippen molar-refractivity contribution in [3.63, 3.8) is 0 Å². The first-order chi connectivity index (χ1) is 14.2. The molecule has 0 saturated heterocycles. The van der Waals surface area contributed by atoms with Crippen molar-refractivity contribution in [2.24, 2.45) is 10.8 Å². The molecule has 0 bridgehead atoms. The zero-order valence-electron chi connectivity index (χ0n) is 17.6. The standard InChI is InChI=1S/C27H24Cl2O/c1-25(2)24(26(25,3)4)23-21-7-5-6-8-22(21)30-27(23,17-9-13-19(28)14-10-17)18-11-15-20(29)16-12-18/h5-16H,1-4H3. The Labute approximate surface area is 188 Å². The molecule has 0 spiro atoms. The number of rotatable bonds is 2. The second kappa shape index (κ2) is 6.39. The molecule has 1 nitrogen and oxygen atoms in total. The van der Waals surface area contributed by atoms with Crippen LogP contribution in [0.2, 0.25) is 10.0 Å². The highest BCUT2D eigenvalue weighted by Gasteiger charge is 2.65. The van der Waals surface area contributed by atoms with E-state index in [2.05, 4.69) is 70.2 Å². The van der Waals surface area contributed by atoms with Crippen molar-refractivity contribution in [1.29, 1.82) is 0 Å². The van der Waals surface area contributed by atoms with Crippen LogP contribution in [0, 0.1) is 10.8 Å². The molecule has 1 saturated carbocycles. The van der Waals surface area contributed by atoms with Crippen LogP contribution >= 0.6 is 23.2 Å². The first-order valence-electron chi connectivity index (χ1n) is 10.3. The lowest BCUT2D eigenvalue weighted by Gasteiger charge is -2.32. The summed E-state index contributed by atoms with van der Waals surface area (Å²) in [6.45, 7) is 9.30. The minimum absolute atomic E-state index is 0.0766. The normalized spacial score (nSPS) is 19.9. The maximum Gasteiger partial charge on any atom is 0.185 e. The Hall–Kier alpha value is -2.22. The topological polar surface area (TPSA) is 9.23 Å². The van der Waals surface area contributed by atoms with Crippen molar-refractivity contribution in [2.45, 2.75) is 33.3 Å². The van der Waals surface area contributed by atoms with Crippen LogP contribution in [0.4, 0.5) is 0 Å². The number of fused-ring (bicyclic) bond motifs is 1. The van der Waals surface area contributed by atoms with Crippen molar-refractivity contribution in [2.75, 3.05) is 0 Å². The van der Waals surface area contributed by atoms with Gasteiger partial charge in [0.15, 0.2) is 5.60 Å². The second-order valence-corrected chi connectivity index (χ2v) is 10.2. The van der Waals surface area contributed by atoms with E-state index in [1.807, 2.05) is 30.3 Å². The summed E-state index contributed by atoms with van der Waals surface area (Å²) in [4.78, 5) is 0. The van der Waals surface area contributed by atoms with Crippen LogP contribution in [0.5, 0.6) is 5.75 Å². The fourth-order valence-electron chi connectivity index (χ4n) is 5.08. The summed E-state index contributed by atoms with van der Waals surface area (Å²) in [7, 11) is 0. The average Bonchev–Trinajstić information content (AvgIpc) is 2.98. The summed E-state index contributed by atoms with van der Waals surface area (Å²) in [5.74, 6) is 0.906. The monoisotopic (exact) mass is 434 g/mol. The molecule has 0 amide bonds. The van der Waals surface area contributed by atoms with Gasteiger partial charge in [-0.25, -0.2) is 0 Å². The highest BCUT2D eigenvalue weighted by molar-refractivity contribution is 6.30. The van der Waals surface area contributed by atoms with Crippen molar-refractivity contribution >= 4 is 28.8 Å². The van der Waals surface area contributed by atoms with Gasteiger partial charge in [-0.3, -0.25) is 0 Å². The number of allylic oxidation sites excluding steroid dienone is 1. The lowest BCUT2D eigenvalue weighted by molar-refractivity contribution is 0.192. The molecule has 30 heavy (non-hydrogen) atoms. The molecule has 0 N–H and O–H groups in total. The molecule has 3 aromatic carbocycles. The van der Waals surface area contributed by atoms with Gasteiger partial charge in [0.2, 0.25) is 0 Å². The Bertz CT molecular complexity index is 1110. The largest absolute Gasteiger partial charge is 0.472 e. The number of hydrogen-bond donors (Lipinski definition) is 0. The summed E-state index contributed by atoms with van der Waals surface area (Å²) in [6, 6.07) is 24.4. The molecule has 2 aliphatic rings. The zero-order valence-corrected chi connectivity index (χ0v) is 19.1. The van der Waals surface area contributed by atoms with E-state index in [1.165, 1.54) is 11.1 Å². The van der Waals surface area contributed by atoms with Crippen LogP contribution in [0.3, 0.4) is 0 Å². The molecule has 1 aliphatic carbocycles. The van der Waals surface area contributed by atoms with Gasteiger partial charge in [-0.05, 0) is 46.7 Å². The SMILES string of the molecule is CC1(C)C(=C2c3ccccc3OC2(c2ccc(Cl)cc2)c2ccc(Cl)cc2)C1(C)C. The van der Waals surface area contributed by atoms with Crippen molar-refractivity contribution < 1.29 is 4.74 Å². The van der Waals surface area contributed by atoms with E-state index < -0.39 is 5.60 Å². The molecule has 0 aromatic heterocycles. The Morgan fingerprint density at radius 2 is 1.10 bits per heavy atom. The smallest absolute Gasteiger partial charge is 0.185 e. The molecule has 1 aliphatic heterocycles. The third-order valence-electron chi connectivity index (χ3n) is 7.27. The van der Waals surface area contributed by atoms with E-state index in [0.717, 1.165) is 22.4 Å². The summed E-state index contributed by atoms with van der Waals surface area (Å²) >= 11 is 12.5. The van der Waals surface area contributed by atoms with E-state index in [1.54, 1.807) is 0 Å². The van der Waals surface area contributed by atoms with Crippen LogP contribution in [-0.2, 0) is 5.60 Å². The predicted octanol–water partition coefficient (Wildman–Crippen LogP) is 8.15. The summed E-state index contributed by atoms with van der Waals surface area (Å²) < 4.78 is 6.90. The summed E-state index contributed by atoms with van der Waals surface area (Å²) in [5.41, 5.74) is 5.37. The zero-order chi connectivity index (χ0) is 21.3. The van der Waals surface area contributed by atoms with Gasteiger partial charge < -0.3 is 4.74 Å². The third kappa shape index (κ3) is 2.55. The molecule has 0 unspecified atom stereocenters. The van der Waals surface area contributed by atoms with Gasteiger partial charge in [-0.2, -0.15) is 0 Å². The second-order valence-electron chi connectivity index (χ2n) is 9.29. The fraction of sp³-hybridized carbons (Fsp3) is 0.259. The molecular formula is C27H24Cl2O. The minimum atomic E-state index is -0.751. The lowest BCUT2D eigenvalue weighted by atomic mass is 9.77. The van der Waals surface area contributed by atoms with Gasteiger partial charge in [0, 0.05) is 32.3 Å². The highest BCUT2D eigenvalue weighted by atomic mass is 35.5. The molecule has 1 fully saturated rings. The highest BCUT2D eigenvalue weighted by Crippen LogP contribution is 2.73. The molecule has 0 atom stereocenters. The Morgan fingerprint density at radius 1 is 0.633 bits per heavy atom. The lowest BCUT2D eigenvalue weighted by Crippen LogP contribution is -2.32. The average molecular weight is 435 g/mol. The van der Waals surface area contributed by atoms with Gasteiger partial charge in [0.25, 0.3) is 0 Å². The van der Waals surface area contributed by atoms with Crippen LogP contribution in [0.15, 0.2) is 78.4 Å². The van der Waals surface area contributed by atoms with Crippen LogP contribution < -0.4 is 4.74 Å². The number of para-hydroxylation sites is 1. The van der Waals surface area contributed by atoms with Crippen LogP contribution in [0.25, 0.3) is 5.57 Å². The van der Waals surface area contributed by atoms with Gasteiger partial charge in [-0.1, -0.05) is 93.4 Å². The van der Waals surface area contributed by atoms with Crippen molar-refractivity contribution in [1.82, 2.24) is 0 Å². The van der Waals surface area contributed by atoms with Crippen molar-refractivity contribution in [3.05, 3.63) is 105 Å². The van der Waals surface area contributed by atoms with Crippen LogP contribution in [0.1, 0.15) is 44.4 Å². The predicted molar refractivity (Wildman–Crippen MR) is 125 cm³/mol. The molecule has 1 heterocycles. The Balaban J connectivity index is 1.90. The summed E-state index contributed by atoms with van der Waals surface area (Å²) in [6.07, 6.45) is 0. The van der Waals surface area contributed by atoms with E-state index in [-0.39, 0.29) is 10.8 Å². The van der Waals surface area contributed by atoms with E-state index in [4.69, 9.17) is 27.9 Å². The number of hydrogen-bond acceptors (Lipinski definition) is 1. The fourth-order valence-corrected chi connectivity index (χ4v) is 5.33. The molecule has 3 heteroatoms. The third-order valence-corrected chi connectivity index (χ3v) is 7.78. The molecule has 5 rings (SSSR count). The van der Waals surface area contributed by atoms with Crippen LogP contribution in [-0.4, -0.2) is 0 Å². The summed E-state index contributed by atoms with van der Waals surface area (Å²) in [5, 5.41) is 1.42. The van der Waals surface area contributed by atoms with Gasteiger partial charge in [0.05, 0.1) is 0 Å². The first-order valence-corrected chi connectivity index (χ1v) is 11.0. The van der Waals surface area contributed by atoms with Crippen molar-refractivity contribution in [3.8, 4) is 5.75 Å². The Morgan fingerprint density at radius 3 is 1.57 bits per heavy atom. The van der Waals surface area contributed by atoms with E-state index in [0.29, 0.717) is 10.0 Å². The number of halogens is 2. The van der Waals surface area contributed by atoms with Gasteiger partial charge in [-0.15, -0.1) is 0 Å². The maximum absolute atomic E-state index is 6.90. The number of benzene rings is 3. The number of ether oxygens (including phenoxy) is 1.